The molecule has 4 rings (SSSR count). The molecule has 0 spiro atoms. The van der Waals surface area contributed by atoms with Gasteiger partial charge in [-0.2, -0.15) is 0 Å². The van der Waals surface area contributed by atoms with Crippen LogP contribution in [0.3, 0.4) is 0 Å². The maximum absolute atomic E-state index is 5.20. The first-order valence-electron chi connectivity index (χ1n) is 12.9. The number of benzene rings is 3. The molecule has 0 saturated heterocycles. The zero-order valence-corrected chi connectivity index (χ0v) is 21.9. The summed E-state index contributed by atoms with van der Waals surface area (Å²) in [5.41, 5.74) is 9.75. The average molecular weight is 463 g/mol. The van der Waals surface area contributed by atoms with Crippen LogP contribution in [0.2, 0.25) is 0 Å². The molecule has 4 aromatic rings. The van der Waals surface area contributed by atoms with E-state index in [1.54, 1.807) is 0 Å². The van der Waals surface area contributed by atoms with E-state index >= 15 is 0 Å². The largest absolute Gasteiger partial charge is 0.372 e. The molecule has 0 amide bonds. The van der Waals surface area contributed by atoms with Crippen LogP contribution >= 0.6 is 0 Å². The van der Waals surface area contributed by atoms with Crippen LogP contribution in [0, 0.1) is 0 Å². The molecule has 1 unspecified atom stereocenters. The first-order chi connectivity index (χ1) is 16.9. The lowest BCUT2D eigenvalue weighted by Crippen LogP contribution is -2.19. The second-order valence-corrected chi connectivity index (χ2v) is 10.3. The van der Waals surface area contributed by atoms with E-state index in [0.29, 0.717) is 17.8 Å². The van der Waals surface area contributed by atoms with Crippen molar-refractivity contribution in [1.82, 2.24) is 4.98 Å². The Morgan fingerprint density at radius 3 is 1.63 bits per heavy atom. The molecule has 2 heteroatoms. The number of rotatable bonds is 8. The molecular weight excluding hydrogens is 424 g/mol. The Morgan fingerprint density at radius 2 is 1.03 bits per heavy atom. The Balaban J connectivity index is 1.91. The van der Waals surface area contributed by atoms with Crippen molar-refractivity contribution in [3.05, 3.63) is 119 Å². The van der Waals surface area contributed by atoms with Crippen LogP contribution in [0.25, 0.3) is 11.3 Å². The number of aromatic nitrogens is 1. The fraction of sp³-hybridized carbons (Fsp3) is 0.303. The Bertz CT molecular complexity index is 1230. The van der Waals surface area contributed by atoms with Crippen LogP contribution in [0.15, 0.2) is 91.0 Å². The SMILES string of the molecule is CC(C)c1ccccc1C(Nc1c(C(C)C)cccc1C(C)C)c1cccc(-c2ccccc2)n1. The van der Waals surface area contributed by atoms with Crippen molar-refractivity contribution < 1.29 is 0 Å². The van der Waals surface area contributed by atoms with Crippen LogP contribution < -0.4 is 5.32 Å². The molecule has 0 saturated carbocycles. The minimum atomic E-state index is -0.0605. The van der Waals surface area contributed by atoms with Crippen molar-refractivity contribution in [3.8, 4) is 11.3 Å². The third-order valence-electron chi connectivity index (χ3n) is 6.73. The molecule has 180 valence electrons. The Kier molecular flexibility index (Phi) is 7.70. The van der Waals surface area contributed by atoms with Gasteiger partial charge in [-0.1, -0.05) is 120 Å². The molecule has 0 bridgehead atoms. The average Bonchev–Trinajstić information content (AvgIpc) is 2.87. The minimum Gasteiger partial charge on any atom is -0.372 e. The molecule has 35 heavy (non-hydrogen) atoms. The van der Waals surface area contributed by atoms with Crippen LogP contribution in [0.5, 0.6) is 0 Å². The van der Waals surface area contributed by atoms with Gasteiger partial charge in [-0.15, -0.1) is 0 Å². The maximum Gasteiger partial charge on any atom is 0.0943 e. The second-order valence-electron chi connectivity index (χ2n) is 10.3. The van der Waals surface area contributed by atoms with Gasteiger partial charge in [0.15, 0.2) is 0 Å². The number of anilines is 1. The second kappa shape index (κ2) is 10.9. The summed E-state index contributed by atoms with van der Waals surface area (Å²) in [4.78, 5) is 5.20. The molecule has 0 aliphatic rings. The number of nitrogens with zero attached hydrogens (tertiary/aromatic N) is 1. The molecule has 0 fully saturated rings. The standard InChI is InChI=1S/C33H38N2/c1-22(2)26-16-10-11-17-29(26)33(31-21-13-20-30(34-31)25-14-8-7-9-15-25)35-32-27(23(3)4)18-12-19-28(32)24(5)6/h7-24,33,35H,1-6H3. The van der Waals surface area contributed by atoms with Crippen molar-refractivity contribution in [1.29, 1.82) is 0 Å². The fourth-order valence-corrected chi connectivity index (χ4v) is 4.85. The lowest BCUT2D eigenvalue weighted by molar-refractivity contribution is 0.788. The first-order valence-corrected chi connectivity index (χ1v) is 12.9. The summed E-state index contributed by atoms with van der Waals surface area (Å²) in [6, 6.07) is 32.3. The molecule has 3 aromatic carbocycles. The topological polar surface area (TPSA) is 24.9 Å². The number of para-hydroxylation sites is 1. The van der Waals surface area contributed by atoms with Gasteiger partial charge >= 0.3 is 0 Å². The van der Waals surface area contributed by atoms with Crippen LogP contribution in [-0.2, 0) is 0 Å². The van der Waals surface area contributed by atoms with Crippen molar-refractivity contribution >= 4 is 5.69 Å². The number of hydrogen-bond donors (Lipinski definition) is 1. The minimum absolute atomic E-state index is 0.0605. The van der Waals surface area contributed by atoms with Gasteiger partial charge in [-0.25, -0.2) is 0 Å². The predicted octanol–water partition coefficient (Wildman–Crippen LogP) is 9.32. The van der Waals surface area contributed by atoms with Gasteiger partial charge in [0.2, 0.25) is 0 Å². The highest BCUT2D eigenvalue weighted by Crippen LogP contribution is 2.38. The number of hydrogen-bond acceptors (Lipinski definition) is 2. The number of nitrogens with one attached hydrogen (secondary N) is 1. The highest BCUT2D eigenvalue weighted by molar-refractivity contribution is 5.64. The summed E-state index contributed by atoms with van der Waals surface area (Å²) in [5, 5.41) is 4.02. The Hall–Kier alpha value is -3.39. The Labute approximate surface area is 211 Å². The van der Waals surface area contributed by atoms with Crippen molar-refractivity contribution in [2.45, 2.75) is 65.3 Å². The molecule has 2 nitrogen and oxygen atoms in total. The van der Waals surface area contributed by atoms with Crippen molar-refractivity contribution in [3.63, 3.8) is 0 Å². The quantitative estimate of drug-likeness (QED) is 0.282. The van der Waals surface area contributed by atoms with Gasteiger partial charge in [0.1, 0.15) is 0 Å². The molecule has 1 heterocycles. The van der Waals surface area contributed by atoms with Crippen LogP contribution in [0.4, 0.5) is 5.69 Å². The molecule has 1 N–H and O–H groups in total. The van der Waals surface area contributed by atoms with E-state index in [-0.39, 0.29) is 6.04 Å². The third-order valence-corrected chi connectivity index (χ3v) is 6.73. The van der Waals surface area contributed by atoms with Crippen LogP contribution in [-0.4, -0.2) is 4.98 Å². The van der Waals surface area contributed by atoms with Gasteiger partial charge in [0.25, 0.3) is 0 Å². The molecule has 1 aromatic heterocycles. The lowest BCUT2D eigenvalue weighted by Gasteiger charge is -2.28. The Morgan fingerprint density at radius 1 is 0.514 bits per heavy atom. The molecular formula is C33H38N2. The molecule has 0 aliphatic heterocycles. The normalized spacial score (nSPS) is 12.4. The van der Waals surface area contributed by atoms with Crippen LogP contribution in [0.1, 0.15) is 93.3 Å². The van der Waals surface area contributed by atoms with Gasteiger partial charge < -0.3 is 5.32 Å². The fourth-order valence-electron chi connectivity index (χ4n) is 4.85. The molecule has 1 atom stereocenters. The smallest absolute Gasteiger partial charge is 0.0943 e. The summed E-state index contributed by atoms with van der Waals surface area (Å²) >= 11 is 0. The van der Waals surface area contributed by atoms with Gasteiger partial charge in [0.05, 0.1) is 17.4 Å². The summed E-state index contributed by atoms with van der Waals surface area (Å²) < 4.78 is 0. The monoisotopic (exact) mass is 462 g/mol. The van der Waals surface area contributed by atoms with Gasteiger partial charge in [-0.3, -0.25) is 4.98 Å². The van der Waals surface area contributed by atoms with Crippen molar-refractivity contribution in [2.75, 3.05) is 5.32 Å². The van der Waals surface area contributed by atoms with E-state index in [2.05, 4.69) is 132 Å². The third kappa shape index (κ3) is 5.48. The summed E-state index contributed by atoms with van der Waals surface area (Å²) in [7, 11) is 0. The summed E-state index contributed by atoms with van der Waals surface area (Å²) in [6.07, 6.45) is 0. The number of pyridine rings is 1. The molecule has 0 radical (unpaired) electrons. The van der Waals surface area contributed by atoms with E-state index in [9.17, 15) is 0 Å². The summed E-state index contributed by atoms with van der Waals surface area (Å²) in [6.45, 7) is 13.6. The first kappa shape index (κ1) is 24.7. The van der Waals surface area contributed by atoms with E-state index in [1.165, 1.54) is 27.9 Å². The van der Waals surface area contributed by atoms with Gasteiger partial charge in [0, 0.05) is 11.3 Å². The predicted molar refractivity (Wildman–Crippen MR) is 150 cm³/mol. The maximum atomic E-state index is 5.20. The lowest BCUT2D eigenvalue weighted by atomic mass is 9.88. The zero-order valence-electron chi connectivity index (χ0n) is 21.9. The highest BCUT2D eigenvalue weighted by Gasteiger charge is 2.24. The zero-order chi connectivity index (χ0) is 24.9. The van der Waals surface area contributed by atoms with E-state index in [1.807, 2.05) is 6.07 Å². The van der Waals surface area contributed by atoms with E-state index in [4.69, 9.17) is 4.98 Å². The molecule has 0 aliphatic carbocycles. The van der Waals surface area contributed by atoms with Gasteiger partial charge in [-0.05, 0) is 52.1 Å². The summed E-state index contributed by atoms with van der Waals surface area (Å²) in [5.74, 6) is 1.25. The highest BCUT2D eigenvalue weighted by atomic mass is 15.0. The van der Waals surface area contributed by atoms with E-state index in [0.717, 1.165) is 17.0 Å². The van der Waals surface area contributed by atoms with Crippen molar-refractivity contribution in [2.24, 2.45) is 0 Å². The van der Waals surface area contributed by atoms with E-state index < -0.39 is 0 Å².